The fourth-order valence-corrected chi connectivity index (χ4v) is 6.71. The molecule has 8 atom stereocenters. The molecule has 1 aromatic rings. The highest BCUT2D eigenvalue weighted by molar-refractivity contribution is 7.09. The number of cyclic esters (lactones) is 1. The molecular weight excluding hydrogens is 512 g/mol. The number of nitrogens with zero attached hydrogens (tertiary/aromatic N) is 2. The van der Waals surface area contributed by atoms with Crippen molar-refractivity contribution in [3.05, 3.63) is 21.7 Å². The molecular formula is C31H46N2O5S. The largest absolute Gasteiger partial charge is 0.458 e. The lowest BCUT2D eigenvalue weighted by molar-refractivity contribution is -0.154. The number of aromatic nitrogens is 1. The highest BCUT2D eigenvalue weighted by Gasteiger charge is 2.58. The third-order valence-corrected chi connectivity index (χ3v) is 9.88. The van der Waals surface area contributed by atoms with Crippen molar-refractivity contribution >= 4 is 29.2 Å². The van der Waals surface area contributed by atoms with Gasteiger partial charge in [0.25, 0.3) is 0 Å². The van der Waals surface area contributed by atoms with Crippen molar-refractivity contribution in [2.45, 2.75) is 117 Å². The molecule has 0 aliphatic carbocycles. The molecule has 0 amide bonds. The van der Waals surface area contributed by atoms with E-state index >= 15 is 0 Å². The van der Waals surface area contributed by atoms with E-state index in [9.17, 15) is 19.8 Å². The smallest absolute Gasteiger partial charge is 0.309 e. The van der Waals surface area contributed by atoms with Crippen LogP contribution < -0.4 is 0 Å². The number of ether oxygens (including phenoxy) is 1. The molecule has 3 rings (SSSR count). The fourth-order valence-electron chi connectivity index (χ4n) is 6.14. The summed E-state index contributed by atoms with van der Waals surface area (Å²) >= 11 is 1.57. The van der Waals surface area contributed by atoms with E-state index in [1.54, 1.807) is 32.1 Å². The Morgan fingerprint density at radius 1 is 1.31 bits per heavy atom. The molecule has 216 valence electrons. The number of esters is 1. The van der Waals surface area contributed by atoms with Gasteiger partial charge in [-0.15, -0.1) is 23.7 Å². The maximum atomic E-state index is 13.4. The minimum absolute atomic E-state index is 0.0748. The van der Waals surface area contributed by atoms with Crippen LogP contribution in [0.5, 0.6) is 0 Å². The van der Waals surface area contributed by atoms with Gasteiger partial charge in [0.1, 0.15) is 11.9 Å². The van der Waals surface area contributed by atoms with Crippen LogP contribution in [-0.4, -0.2) is 68.3 Å². The van der Waals surface area contributed by atoms with Crippen LogP contribution in [0.2, 0.25) is 0 Å². The summed E-state index contributed by atoms with van der Waals surface area (Å²) in [6.45, 7) is 13.9. The molecule has 0 aromatic carbocycles. The first-order chi connectivity index (χ1) is 18.2. The van der Waals surface area contributed by atoms with Gasteiger partial charge in [-0.2, -0.15) is 0 Å². The van der Waals surface area contributed by atoms with Crippen molar-refractivity contribution in [1.82, 2.24) is 9.88 Å². The second kappa shape index (κ2) is 12.6. The van der Waals surface area contributed by atoms with Gasteiger partial charge in [0.05, 0.1) is 34.7 Å². The molecule has 1 unspecified atom stereocenters. The second-order valence-corrected chi connectivity index (χ2v) is 13.4. The van der Waals surface area contributed by atoms with Crippen LogP contribution >= 0.6 is 11.3 Å². The Hall–Kier alpha value is -2.05. The zero-order valence-corrected chi connectivity index (χ0v) is 25.4. The highest BCUT2D eigenvalue weighted by atomic mass is 32.1. The van der Waals surface area contributed by atoms with Gasteiger partial charge in [-0.1, -0.05) is 34.1 Å². The Labute approximate surface area is 238 Å². The summed E-state index contributed by atoms with van der Waals surface area (Å²) in [7, 11) is 0. The standard InChI is InChI=1S/C31H46N2O5S/c1-9-10-14-33-25-16-24(20(3)15-23-18-39-22(5)32-23)38-27(35)17-26(34)30(6,7)29(37)21(4)28(36)19(2)12-11-13-31(25,33)8/h1,15,18-19,21,24-26,28,34,36H,10-14,16-17H2,2-8H3/b20-15+/t19-,21+,24-,25-,26-,28-,31+,33?/m0/s1. The highest BCUT2D eigenvalue weighted by Crippen LogP contribution is 2.48. The predicted molar refractivity (Wildman–Crippen MR) is 155 cm³/mol. The average Bonchev–Trinajstić information content (AvgIpc) is 3.17. The lowest BCUT2D eigenvalue weighted by Gasteiger charge is -2.34. The van der Waals surface area contributed by atoms with Crippen molar-refractivity contribution in [3.8, 4) is 12.3 Å². The Kier molecular flexibility index (Phi) is 10.2. The first kappa shape index (κ1) is 31.5. The molecule has 8 heteroatoms. The topological polar surface area (TPSA) is 99.7 Å². The van der Waals surface area contributed by atoms with Crippen LogP contribution in [0.1, 0.15) is 90.8 Å². The van der Waals surface area contributed by atoms with Gasteiger partial charge < -0.3 is 14.9 Å². The van der Waals surface area contributed by atoms with E-state index in [1.807, 2.05) is 32.2 Å². The number of rotatable bonds is 4. The number of carbonyl (C=O) groups excluding carboxylic acids is 2. The molecule has 2 aliphatic heterocycles. The summed E-state index contributed by atoms with van der Waals surface area (Å²) in [6, 6.07) is 0.180. The summed E-state index contributed by atoms with van der Waals surface area (Å²) in [6.07, 6.45) is 8.51. The number of aryl methyl sites for hydroxylation is 1. The summed E-state index contributed by atoms with van der Waals surface area (Å²) in [5.74, 6) is 1.20. The first-order valence-electron chi connectivity index (χ1n) is 14.1. The molecule has 7 nitrogen and oxygen atoms in total. The van der Waals surface area contributed by atoms with Crippen molar-refractivity contribution < 1.29 is 24.5 Å². The summed E-state index contributed by atoms with van der Waals surface area (Å²) in [4.78, 5) is 33.5. The number of terminal acetylenes is 1. The van der Waals surface area contributed by atoms with Crippen LogP contribution in [0.4, 0.5) is 0 Å². The van der Waals surface area contributed by atoms with Gasteiger partial charge in [0, 0.05) is 42.3 Å². The van der Waals surface area contributed by atoms with E-state index in [-0.39, 0.29) is 29.7 Å². The molecule has 0 bridgehead atoms. The van der Waals surface area contributed by atoms with Crippen molar-refractivity contribution in [1.29, 1.82) is 0 Å². The Bertz CT molecular complexity index is 1100. The van der Waals surface area contributed by atoms with Crippen LogP contribution in [0.25, 0.3) is 6.08 Å². The van der Waals surface area contributed by atoms with Crippen molar-refractivity contribution in [3.63, 3.8) is 0 Å². The van der Waals surface area contributed by atoms with Crippen LogP contribution in [0.15, 0.2) is 11.0 Å². The Morgan fingerprint density at radius 3 is 2.62 bits per heavy atom. The SMILES string of the molecule is C#CCCN1[C@H]2C[C@@H](/C(C)=C/c3csc(C)n3)OC(=O)C[C@H](O)C(C)(C)C(=O)[C@H](C)[C@@H](O)[C@@H](C)CCC[C@]21C. The number of hydrogen-bond donors (Lipinski definition) is 2. The molecule has 3 heterocycles. The van der Waals surface area contributed by atoms with Gasteiger partial charge in [-0.05, 0) is 51.2 Å². The number of fused-ring (bicyclic) bond motifs is 1. The van der Waals surface area contributed by atoms with Crippen LogP contribution in [0.3, 0.4) is 0 Å². The molecule has 2 saturated heterocycles. The van der Waals surface area contributed by atoms with Gasteiger partial charge in [0.2, 0.25) is 0 Å². The number of aliphatic hydroxyl groups excluding tert-OH is 2. The maximum absolute atomic E-state index is 13.4. The zero-order chi connectivity index (χ0) is 29.1. The normalized spacial score (nSPS) is 36.5. The minimum Gasteiger partial charge on any atom is -0.458 e. The number of carbonyl (C=O) groups is 2. The molecule has 2 fully saturated rings. The Balaban J connectivity index is 1.94. The fraction of sp³-hybridized carbons (Fsp3) is 0.710. The van der Waals surface area contributed by atoms with E-state index in [4.69, 9.17) is 11.2 Å². The third kappa shape index (κ3) is 7.18. The van der Waals surface area contributed by atoms with Crippen molar-refractivity contribution in [2.24, 2.45) is 17.3 Å². The number of aliphatic hydroxyl groups is 2. The van der Waals surface area contributed by atoms with Crippen LogP contribution in [-0.2, 0) is 14.3 Å². The van der Waals surface area contributed by atoms with Crippen LogP contribution in [0, 0.1) is 36.5 Å². The summed E-state index contributed by atoms with van der Waals surface area (Å²) in [5.41, 5.74) is 0.407. The van der Waals surface area contributed by atoms with E-state index in [0.717, 1.165) is 42.1 Å². The maximum Gasteiger partial charge on any atom is 0.309 e. The lowest BCUT2D eigenvalue weighted by atomic mass is 9.73. The molecule has 0 saturated carbocycles. The number of Topliss-reactive ketones (excluding diaryl/α,β-unsaturated/α-hetero) is 1. The third-order valence-electron chi connectivity index (χ3n) is 9.09. The number of hydrogen-bond acceptors (Lipinski definition) is 8. The first-order valence-corrected chi connectivity index (χ1v) is 15.0. The van der Waals surface area contributed by atoms with E-state index in [0.29, 0.717) is 12.8 Å². The average molecular weight is 559 g/mol. The quantitative estimate of drug-likeness (QED) is 0.312. The van der Waals surface area contributed by atoms with Gasteiger partial charge in [-0.25, -0.2) is 4.98 Å². The summed E-state index contributed by atoms with van der Waals surface area (Å²) in [5, 5.41) is 24.9. The van der Waals surface area contributed by atoms with E-state index in [2.05, 4.69) is 22.7 Å². The minimum atomic E-state index is -1.24. The lowest BCUT2D eigenvalue weighted by Crippen LogP contribution is -2.45. The molecule has 0 radical (unpaired) electrons. The Morgan fingerprint density at radius 2 is 2.00 bits per heavy atom. The molecule has 1 aromatic heterocycles. The monoisotopic (exact) mass is 558 g/mol. The van der Waals surface area contributed by atoms with Crippen molar-refractivity contribution in [2.75, 3.05) is 6.54 Å². The van der Waals surface area contributed by atoms with Gasteiger partial charge in [0.15, 0.2) is 0 Å². The molecule has 2 aliphatic rings. The van der Waals surface area contributed by atoms with E-state index in [1.165, 1.54) is 0 Å². The number of ketones is 1. The second-order valence-electron chi connectivity index (χ2n) is 12.4. The molecule has 39 heavy (non-hydrogen) atoms. The predicted octanol–water partition coefficient (Wildman–Crippen LogP) is 4.79. The van der Waals surface area contributed by atoms with E-state index < -0.39 is 35.6 Å². The molecule has 2 N–H and O–H groups in total. The van der Waals surface area contributed by atoms with Gasteiger partial charge in [-0.3, -0.25) is 14.5 Å². The number of thiazole rings is 1. The molecule has 0 spiro atoms. The van der Waals surface area contributed by atoms with Gasteiger partial charge >= 0.3 is 5.97 Å². The summed E-state index contributed by atoms with van der Waals surface area (Å²) < 4.78 is 6.03. The zero-order valence-electron chi connectivity index (χ0n) is 24.6.